The molecule has 4 nitrogen and oxygen atoms in total. The maximum atomic E-state index is 12.0. The fraction of sp³-hybridized carbons (Fsp3) is 0. The molecular formula is C15H9ClO4S. The van der Waals surface area contributed by atoms with Gasteiger partial charge in [0.2, 0.25) is 0 Å². The van der Waals surface area contributed by atoms with Crippen LogP contribution in [0.4, 0.5) is 0 Å². The first-order valence-electron chi connectivity index (χ1n) is 6.03. The smallest absolute Gasteiger partial charge is 0.261 e. The van der Waals surface area contributed by atoms with Crippen molar-refractivity contribution >= 4 is 30.7 Å². The molecule has 106 valence electrons. The number of rotatable bonds is 2. The van der Waals surface area contributed by atoms with Crippen molar-refractivity contribution < 1.29 is 12.8 Å². The van der Waals surface area contributed by atoms with E-state index in [0.29, 0.717) is 22.3 Å². The van der Waals surface area contributed by atoms with Gasteiger partial charge in [-0.2, -0.15) is 0 Å². The Bertz CT molecular complexity index is 972. The van der Waals surface area contributed by atoms with Gasteiger partial charge in [-0.1, -0.05) is 12.1 Å². The average molecular weight is 321 g/mol. The van der Waals surface area contributed by atoms with Crippen LogP contribution in [0, 0.1) is 0 Å². The molecule has 0 atom stereocenters. The van der Waals surface area contributed by atoms with Crippen LogP contribution in [-0.2, 0) is 9.05 Å². The predicted molar refractivity (Wildman–Crippen MR) is 81.0 cm³/mol. The van der Waals surface area contributed by atoms with Crippen LogP contribution in [0.25, 0.3) is 22.3 Å². The molecule has 0 aliphatic heterocycles. The Balaban J connectivity index is 2.15. The Morgan fingerprint density at radius 1 is 0.952 bits per heavy atom. The van der Waals surface area contributed by atoms with Gasteiger partial charge in [0.15, 0.2) is 5.43 Å². The van der Waals surface area contributed by atoms with Gasteiger partial charge >= 0.3 is 0 Å². The summed E-state index contributed by atoms with van der Waals surface area (Å²) in [6.45, 7) is 0. The fourth-order valence-corrected chi connectivity index (χ4v) is 2.80. The molecule has 0 fully saturated rings. The Labute approximate surface area is 125 Å². The topological polar surface area (TPSA) is 64.3 Å². The Morgan fingerprint density at radius 3 is 2.29 bits per heavy atom. The monoisotopic (exact) mass is 320 g/mol. The Hall–Kier alpha value is -2.11. The van der Waals surface area contributed by atoms with Gasteiger partial charge in [-0.3, -0.25) is 4.79 Å². The third kappa shape index (κ3) is 2.70. The van der Waals surface area contributed by atoms with Crippen molar-refractivity contribution in [2.24, 2.45) is 0 Å². The van der Waals surface area contributed by atoms with Crippen molar-refractivity contribution in [1.82, 2.24) is 0 Å². The fourth-order valence-electron chi connectivity index (χ4n) is 2.03. The summed E-state index contributed by atoms with van der Waals surface area (Å²) in [5, 5.41) is 0.501. The average Bonchev–Trinajstić information content (AvgIpc) is 2.46. The van der Waals surface area contributed by atoms with Gasteiger partial charge in [-0.15, -0.1) is 0 Å². The molecule has 0 aliphatic rings. The third-order valence-corrected chi connectivity index (χ3v) is 4.42. The molecule has 6 heteroatoms. The van der Waals surface area contributed by atoms with Crippen LogP contribution in [0.2, 0.25) is 0 Å². The van der Waals surface area contributed by atoms with Crippen LogP contribution in [0.15, 0.2) is 68.7 Å². The minimum Gasteiger partial charge on any atom is -0.456 e. The summed E-state index contributed by atoms with van der Waals surface area (Å²) in [5.41, 5.74) is 0.928. The van der Waals surface area contributed by atoms with Gasteiger partial charge < -0.3 is 4.42 Å². The Kier molecular flexibility index (Phi) is 3.31. The van der Waals surface area contributed by atoms with Crippen LogP contribution in [0.5, 0.6) is 0 Å². The molecule has 0 N–H and O–H groups in total. The van der Waals surface area contributed by atoms with E-state index >= 15 is 0 Å². The third-order valence-electron chi connectivity index (χ3n) is 3.05. The molecule has 0 amide bonds. The maximum absolute atomic E-state index is 12.0. The van der Waals surface area contributed by atoms with Crippen LogP contribution < -0.4 is 5.43 Å². The van der Waals surface area contributed by atoms with E-state index in [4.69, 9.17) is 15.1 Å². The normalized spacial score (nSPS) is 11.7. The van der Waals surface area contributed by atoms with Crippen molar-refractivity contribution in [3.63, 3.8) is 0 Å². The van der Waals surface area contributed by atoms with Crippen molar-refractivity contribution in [3.8, 4) is 11.3 Å². The molecule has 0 saturated heterocycles. The van der Waals surface area contributed by atoms with E-state index < -0.39 is 9.05 Å². The van der Waals surface area contributed by atoms with Gasteiger partial charge in [-0.05, 0) is 36.4 Å². The number of hydrogen-bond donors (Lipinski definition) is 0. The number of halogens is 1. The molecule has 0 unspecified atom stereocenters. The molecule has 2 aromatic carbocycles. The van der Waals surface area contributed by atoms with Gasteiger partial charge in [0, 0.05) is 22.3 Å². The van der Waals surface area contributed by atoms with E-state index in [0.717, 1.165) is 0 Å². The van der Waals surface area contributed by atoms with Crippen molar-refractivity contribution in [1.29, 1.82) is 0 Å². The number of benzene rings is 2. The summed E-state index contributed by atoms with van der Waals surface area (Å²) in [6.07, 6.45) is 0. The second kappa shape index (κ2) is 5.02. The zero-order valence-electron chi connectivity index (χ0n) is 10.6. The minimum atomic E-state index is -3.76. The van der Waals surface area contributed by atoms with E-state index in [1.165, 1.54) is 18.2 Å². The molecule has 0 radical (unpaired) electrons. The molecule has 1 aromatic heterocycles. The highest BCUT2D eigenvalue weighted by Gasteiger charge is 2.11. The van der Waals surface area contributed by atoms with Gasteiger partial charge in [0.1, 0.15) is 11.3 Å². The summed E-state index contributed by atoms with van der Waals surface area (Å²) >= 11 is 0. The Morgan fingerprint density at radius 2 is 1.62 bits per heavy atom. The summed E-state index contributed by atoms with van der Waals surface area (Å²) in [4.78, 5) is 12.0. The molecule has 0 spiro atoms. The van der Waals surface area contributed by atoms with Crippen LogP contribution in [0.3, 0.4) is 0 Å². The van der Waals surface area contributed by atoms with Crippen molar-refractivity contribution in [3.05, 3.63) is 64.8 Å². The van der Waals surface area contributed by atoms with Gasteiger partial charge in [0.25, 0.3) is 9.05 Å². The molecular weight excluding hydrogens is 312 g/mol. The molecule has 21 heavy (non-hydrogen) atoms. The SMILES string of the molecule is O=c1cc(-c2ccc(S(=O)(=O)Cl)cc2)oc2ccccc12. The van der Waals surface area contributed by atoms with Gasteiger partial charge in [-0.25, -0.2) is 8.42 Å². The molecule has 0 bridgehead atoms. The molecule has 1 heterocycles. The highest BCUT2D eigenvalue weighted by atomic mass is 35.7. The summed E-state index contributed by atoms with van der Waals surface area (Å²) < 4.78 is 28.1. The quantitative estimate of drug-likeness (QED) is 0.679. The van der Waals surface area contributed by atoms with Crippen LogP contribution in [-0.4, -0.2) is 8.42 Å². The summed E-state index contributed by atoms with van der Waals surface area (Å²) in [5.74, 6) is 0.372. The molecule has 0 saturated carbocycles. The highest BCUT2D eigenvalue weighted by molar-refractivity contribution is 8.13. The maximum Gasteiger partial charge on any atom is 0.261 e. The highest BCUT2D eigenvalue weighted by Crippen LogP contribution is 2.24. The predicted octanol–water partition coefficient (Wildman–Crippen LogP) is 3.39. The standard InChI is InChI=1S/C15H9ClO4S/c16-21(18,19)11-7-5-10(6-8-11)15-9-13(17)12-3-1-2-4-14(12)20-15/h1-9H. The van der Waals surface area contributed by atoms with Crippen LogP contribution in [0.1, 0.15) is 0 Å². The number of para-hydroxylation sites is 1. The number of fused-ring (bicyclic) bond motifs is 1. The zero-order chi connectivity index (χ0) is 15.0. The summed E-state index contributed by atoms with van der Waals surface area (Å²) in [7, 11) is 1.49. The molecule has 3 aromatic rings. The molecule has 3 rings (SSSR count). The first-order valence-corrected chi connectivity index (χ1v) is 8.34. The van der Waals surface area contributed by atoms with Gasteiger partial charge in [0.05, 0.1) is 10.3 Å². The zero-order valence-corrected chi connectivity index (χ0v) is 12.2. The van der Waals surface area contributed by atoms with E-state index in [1.807, 2.05) is 0 Å². The first-order chi connectivity index (χ1) is 9.95. The van der Waals surface area contributed by atoms with E-state index in [-0.39, 0.29) is 10.3 Å². The second-order valence-corrected chi connectivity index (χ2v) is 7.00. The lowest BCUT2D eigenvalue weighted by molar-refractivity contribution is 0.609. The van der Waals surface area contributed by atoms with E-state index in [1.54, 1.807) is 36.4 Å². The lowest BCUT2D eigenvalue weighted by Crippen LogP contribution is -2.00. The van der Waals surface area contributed by atoms with E-state index in [2.05, 4.69) is 0 Å². The first kappa shape index (κ1) is 13.9. The van der Waals surface area contributed by atoms with Crippen LogP contribution >= 0.6 is 10.7 Å². The minimum absolute atomic E-state index is 0.00365. The second-order valence-electron chi connectivity index (χ2n) is 4.43. The lowest BCUT2D eigenvalue weighted by atomic mass is 10.1. The van der Waals surface area contributed by atoms with Crippen molar-refractivity contribution in [2.45, 2.75) is 4.90 Å². The summed E-state index contributed by atoms with van der Waals surface area (Å²) in [6, 6.07) is 14.1. The van der Waals surface area contributed by atoms with E-state index in [9.17, 15) is 13.2 Å². The largest absolute Gasteiger partial charge is 0.456 e. The number of hydrogen-bond acceptors (Lipinski definition) is 4. The molecule has 0 aliphatic carbocycles. The lowest BCUT2D eigenvalue weighted by Gasteiger charge is -2.03. The van der Waals surface area contributed by atoms with Crippen molar-refractivity contribution in [2.75, 3.05) is 0 Å².